The van der Waals surface area contributed by atoms with Crippen LogP contribution in [0.3, 0.4) is 0 Å². The standard InChI is InChI=1S/C14H25N3O/c1-3-7-15-11-14(6-8-18-12-14)5-4-13-9-16-17(2)10-13/h9-10,15H,3-8,11-12H2,1-2H3. The van der Waals surface area contributed by atoms with Gasteiger partial charge in [-0.1, -0.05) is 6.92 Å². The summed E-state index contributed by atoms with van der Waals surface area (Å²) in [6.07, 6.45) is 8.76. The van der Waals surface area contributed by atoms with Crippen molar-refractivity contribution < 1.29 is 4.74 Å². The SMILES string of the molecule is CCCNCC1(CCc2cnn(C)c2)CCOC1. The largest absolute Gasteiger partial charge is 0.381 e. The van der Waals surface area contributed by atoms with Gasteiger partial charge in [0, 0.05) is 31.8 Å². The normalized spacial score (nSPS) is 23.7. The van der Waals surface area contributed by atoms with Crippen LogP contribution in [-0.2, 0) is 18.2 Å². The Morgan fingerprint density at radius 3 is 3.06 bits per heavy atom. The average molecular weight is 251 g/mol. The number of nitrogens with one attached hydrogen (secondary N) is 1. The number of hydrogen-bond donors (Lipinski definition) is 1. The first kappa shape index (κ1) is 13.6. The highest BCUT2D eigenvalue weighted by molar-refractivity contribution is 5.05. The van der Waals surface area contributed by atoms with Crippen molar-refractivity contribution in [2.45, 2.75) is 32.6 Å². The molecule has 2 heterocycles. The van der Waals surface area contributed by atoms with E-state index in [-0.39, 0.29) is 0 Å². The second-order valence-corrected chi connectivity index (χ2v) is 5.50. The van der Waals surface area contributed by atoms with E-state index in [0.29, 0.717) is 5.41 Å². The molecule has 1 fully saturated rings. The second kappa shape index (κ2) is 6.34. The summed E-state index contributed by atoms with van der Waals surface area (Å²) in [5.41, 5.74) is 1.67. The Morgan fingerprint density at radius 1 is 1.56 bits per heavy atom. The van der Waals surface area contributed by atoms with Gasteiger partial charge in [-0.3, -0.25) is 4.68 Å². The van der Waals surface area contributed by atoms with Crippen molar-refractivity contribution in [3.8, 4) is 0 Å². The molecule has 18 heavy (non-hydrogen) atoms. The molecule has 0 bridgehead atoms. The van der Waals surface area contributed by atoms with Gasteiger partial charge in [-0.2, -0.15) is 5.10 Å². The van der Waals surface area contributed by atoms with Crippen LogP contribution in [0, 0.1) is 5.41 Å². The molecule has 1 aromatic rings. The van der Waals surface area contributed by atoms with Gasteiger partial charge in [0.25, 0.3) is 0 Å². The maximum Gasteiger partial charge on any atom is 0.0535 e. The van der Waals surface area contributed by atoms with Gasteiger partial charge in [0.05, 0.1) is 12.8 Å². The zero-order valence-electron chi connectivity index (χ0n) is 11.6. The molecule has 0 aromatic carbocycles. The third kappa shape index (κ3) is 3.56. The number of hydrogen-bond acceptors (Lipinski definition) is 3. The molecular formula is C14H25N3O. The van der Waals surface area contributed by atoms with Crippen LogP contribution < -0.4 is 5.32 Å². The molecule has 0 amide bonds. The highest BCUT2D eigenvalue weighted by atomic mass is 16.5. The Kier molecular flexibility index (Phi) is 4.78. The zero-order chi connectivity index (χ0) is 12.8. The Balaban J connectivity index is 1.85. The maximum absolute atomic E-state index is 5.62. The van der Waals surface area contributed by atoms with E-state index < -0.39 is 0 Å². The predicted octanol–water partition coefficient (Wildman–Crippen LogP) is 1.76. The van der Waals surface area contributed by atoms with Gasteiger partial charge >= 0.3 is 0 Å². The lowest BCUT2D eigenvalue weighted by atomic mass is 9.81. The van der Waals surface area contributed by atoms with Gasteiger partial charge in [0.15, 0.2) is 0 Å². The molecule has 1 aromatic heterocycles. The second-order valence-electron chi connectivity index (χ2n) is 5.50. The molecule has 102 valence electrons. The molecule has 1 saturated heterocycles. The van der Waals surface area contributed by atoms with Gasteiger partial charge < -0.3 is 10.1 Å². The third-order valence-electron chi connectivity index (χ3n) is 3.81. The van der Waals surface area contributed by atoms with Crippen molar-refractivity contribution in [3.05, 3.63) is 18.0 Å². The van der Waals surface area contributed by atoms with Crippen molar-refractivity contribution in [2.24, 2.45) is 12.5 Å². The fourth-order valence-electron chi connectivity index (χ4n) is 2.62. The van der Waals surface area contributed by atoms with Crippen LogP contribution in [-0.4, -0.2) is 36.1 Å². The predicted molar refractivity (Wildman–Crippen MR) is 72.6 cm³/mol. The van der Waals surface area contributed by atoms with E-state index in [1.54, 1.807) is 0 Å². The smallest absolute Gasteiger partial charge is 0.0535 e. The Bertz CT molecular complexity index is 356. The first-order chi connectivity index (χ1) is 8.74. The summed E-state index contributed by atoms with van der Waals surface area (Å²) in [6.45, 7) is 6.22. The minimum atomic E-state index is 0.338. The van der Waals surface area contributed by atoms with E-state index in [2.05, 4.69) is 23.5 Å². The quantitative estimate of drug-likeness (QED) is 0.751. The topological polar surface area (TPSA) is 39.1 Å². The molecule has 2 rings (SSSR count). The molecule has 1 aliphatic heterocycles. The van der Waals surface area contributed by atoms with Crippen LogP contribution in [0.5, 0.6) is 0 Å². The summed E-state index contributed by atoms with van der Waals surface area (Å²) in [5.74, 6) is 0. The monoisotopic (exact) mass is 251 g/mol. The van der Waals surface area contributed by atoms with Crippen molar-refractivity contribution >= 4 is 0 Å². The summed E-state index contributed by atoms with van der Waals surface area (Å²) in [7, 11) is 1.97. The number of ether oxygens (including phenoxy) is 1. The van der Waals surface area contributed by atoms with Gasteiger partial charge in [0.2, 0.25) is 0 Å². The third-order valence-corrected chi connectivity index (χ3v) is 3.81. The highest BCUT2D eigenvalue weighted by Gasteiger charge is 2.34. The lowest BCUT2D eigenvalue weighted by Gasteiger charge is -2.27. The molecule has 0 spiro atoms. The molecule has 0 saturated carbocycles. The van der Waals surface area contributed by atoms with Crippen molar-refractivity contribution in [1.29, 1.82) is 0 Å². The average Bonchev–Trinajstić information content (AvgIpc) is 2.97. The summed E-state index contributed by atoms with van der Waals surface area (Å²) in [6, 6.07) is 0. The van der Waals surface area contributed by atoms with Gasteiger partial charge in [-0.25, -0.2) is 0 Å². The maximum atomic E-state index is 5.62. The van der Waals surface area contributed by atoms with Gasteiger partial charge in [-0.15, -0.1) is 0 Å². The Morgan fingerprint density at radius 2 is 2.44 bits per heavy atom. The minimum absolute atomic E-state index is 0.338. The van der Waals surface area contributed by atoms with E-state index in [1.165, 1.54) is 24.8 Å². The first-order valence-electron chi connectivity index (χ1n) is 7.00. The molecular weight excluding hydrogens is 226 g/mol. The molecule has 0 radical (unpaired) electrons. The summed E-state index contributed by atoms with van der Waals surface area (Å²) in [4.78, 5) is 0. The fraction of sp³-hybridized carbons (Fsp3) is 0.786. The van der Waals surface area contributed by atoms with Crippen molar-refractivity contribution in [3.63, 3.8) is 0 Å². The minimum Gasteiger partial charge on any atom is -0.381 e. The molecule has 4 nitrogen and oxygen atoms in total. The van der Waals surface area contributed by atoms with Crippen LogP contribution in [0.15, 0.2) is 12.4 Å². The number of aryl methyl sites for hydroxylation is 2. The zero-order valence-corrected chi connectivity index (χ0v) is 11.6. The number of rotatable bonds is 7. The lowest BCUT2D eigenvalue weighted by Crippen LogP contribution is -2.35. The molecule has 0 aliphatic carbocycles. The first-order valence-corrected chi connectivity index (χ1v) is 7.00. The molecule has 1 unspecified atom stereocenters. The van der Waals surface area contributed by atoms with Gasteiger partial charge in [0.1, 0.15) is 0 Å². The van der Waals surface area contributed by atoms with E-state index in [1.807, 2.05) is 17.9 Å². The van der Waals surface area contributed by atoms with E-state index in [9.17, 15) is 0 Å². The fourth-order valence-corrected chi connectivity index (χ4v) is 2.62. The van der Waals surface area contributed by atoms with Gasteiger partial charge in [-0.05, 0) is 37.8 Å². The van der Waals surface area contributed by atoms with E-state index >= 15 is 0 Å². The van der Waals surface area contributed by atoms with E-state index in [4.69, 9.17) is 4.74 Å². The van der Waals surface area contributed by atoms with Crippen LogP contribution in [0.4, 0.5) is 0 Å². The van der Waals surface area contributed by atoms with Crippen LogP contribution in [0.1, 0.15) is 31.7 Å². The van der Waals surface area contributed by atoms with E-state index in [0.717, 1.165) is 32.7 Å². The Hall–Kier alpha value is -0.870. The summed E-state index contributed by atoms with van der Waals surface area (Å²) in [5, 5.41) is 7.79. The molecule has 1 atom stereocenters. The number of nitrogens with zero attached hydrogens (tertiary/aromatic N) is 2. The lowest BCUT2D eigenvalue weighted by molar-refractivity contribution is 0.144. The summed E-state index contributed by atoms with van der Waals surface area (Å²) >= 11 is 0. The molecule has 1 N–H and O–H groups in total. The van der Waals surface area contributed by atoms with Crippen LogP contribution in [0.2, 0.25) is 0 Å². The number of aromatic nitrogens is 2. The highest BCUT2D eigenvalue weighted by Crippen LogP contribution is 2.33. The summed E-state index contributed by atoms with van der Waals surface area (Å²) < 4.78 is 7.50. The molecule has 4 heteroatoms. The molecule has 1 aliphatic rings. The van der Waals surface area contributed by atoms with Crippen LogP contribution >= 0.6 is 0 Å². The Labute approximate surface area is 110 Å². The van der Waals surface area contributed by atoms with Crippen LogP contribution in [0.25, 0.3) is 0 Å². The van der Waals surface area contributed by atoms with Crippen molar-refractivity contribution in [2.75, 3.05) is 26.3 Å². The van der Waals surface area contributed by atoms with Crippen molar-refractivity contribution in [1.82, 2.24) is 15.1 Å².